The normalized spacial score (nSPS) is 19.6. The third kappa shape index (κ3) is 9.30. The molecule has 0 aromatic heterocycles. The van der Waals surface area contributed by atoms with Crippen LogP contribution in [0.1, 0.15) is 60.3 Å². The molecule has 0 bridgehead atoms. The highest BCUT2D eigenvalue weighted by molar-refractivity contribution is 5.87. The third-order valence-electron chi connectivity index (χ3n) is 8.36. The molecule has 7 atom stereocenters. The number of carbonyl (C=O) groups excluding carboxylic acids is 3. The average Bonchev–Trinajstić information content (AvgIpc) is 3.41. The highest BCUT2D eigenvalue weighted by Gasteiger charge is 2.42. The number of hydrogen-bond acceptors (Lipinski definition) is 7. The third-order valence-corrected chi connectivity index (χ3v) is 8.36. The molecule has 1 aliphatic rings. The van der Waals surface area contributed by atoms with E-state index in [9.17, 15) is 14.4 Å². The van der Waals surface area contributed by atoms with Gasteiger partial charge in [-0.25, -0.2) is 4.99 Å². The van der Waals surface area contributed by atoms with Crippen molar-refractivity contribution in [1.82, 2.24) is 19.6 Å². The molecule has 11 heteroatoms. The quantitative estimate of drug-likeness (QED) is 0.175. The molecule has 238 valence electrons. The van der Waals surface area contributed by atoms with E-state index in [0.29, 0.717) is 12.5 Å². The van der Waals surface area contributed by atoms with Gasteiger partial charge in [0.1, 0.15) is 6.04 Å². The minimum Gasteiger partial charge on any atom is -0.469 e. The van der Waals surface area contributed by atoms with Crippen LogP contribution in [-0.4, -0.2) is 137 Å². The van der Waals surface area contributed by atoms with E-state index in [1.807, 2.05) is 56.7 Å². The average molecular weight is 584 g/mol. The van der Waals surface area contributed by atoms with Crippen LogP contribution in [0.5, 0.6) is 0 Å². The van der Waals surface area contributed by atoms with Crippen molar-refractivity contribution in [3.05, 3.63) is 0 Å². The van der Waals surface area contributed by atoms with Crippen LogP contribution in [0.3, 0.4) is 0 Å². The van der Waals surface area contributed by atoms with Gasteiger partial charge in [-0.15, -0.1) is 0 Å². The standard InChI is InChI=1S/C30H57N5O6/c1-14-20(4)26(34(10)28(37)25(19(2)3)31-30(32(6)7)33(8)9)23(39-11)18-24(36)35-17-15-16-22(35)27(40-12)21(5)29(38)41-13/h19-23,25-27H,14-18H2,1-13H3/t20-,21?,22-,23+,25-,26-,27?/m0/s1. The Bertz CT molecular complexity index is 869. The molecule has 1 saturated heterocycles. The molecule has 0 radical (unpaired) electrons. The number of aliphatic imine (C=N–C) groups is 1. The van der Waals surface area contributed by atoms with E-state index in [2.05, 4.69) is 13.8 Å². The van der Waals surface area contributed by atoms with E-state index < -0.39 is 24.2 Å². The number of amides is 2. The van der Waals surface area contributed by atoms with Crippen LogP contribution in [0, 0.1) is 17.8 Å². The minimum atomic E-state index is -0.593. The maximum Gasteiger partial charge on any atom is 0.311 e. The van der Waals surface area contributed by atoms with Crippen LogP contribution in [0.2, 0.25) is 0 Å². The van der Waals surface area contributed by atoms with Gasteiger partial charge in [0.05, 0.1) is 43.7 Å². The van der Waals surface area contributed by atoms with Crippen LogP contribution < -0.4 is 0 Å². The fraction of sp³-hybridized carbons (Fsp3) is 0.867. The molecule has 0 N–H and O–H groups in total. The number of likely N-dealkylation sites (tertiary alicyclic amines) is 1. The predicted molar refractivity (Wildman–Crippen MR) is 162 cm³/mol. The lowest BCUT2D eigenvalue weighted by Gasteiger charge is -2.40. The summed E-state index contributed by atoms with van der Waals surface area (Å²) in [5.41, 5.74) is 0. The zero-order valence-electron chi connectivity index (χ0n) is 27.8. The summed E-state index contributed by atoms with van der Waals surface area (Å²) in [5.74, 6) is -0.315. The zero-order chi connectivity index (χ0) is 31.6. The fourth-order valence-electron chi connectivity index (χ4n) is 5.93. The zero-order valence-corrected chi connectivity index (χ0v) is 27.8. The van der Waals surface area contributed by atoms with Gasteiger partial charge in [0.2, 0.25) is 11.8 Å². The molecule has 2 amide bonds. The number of nitrogens with zero attached hydrogens (tertiary/aromatic N) is 5. The van der Waals surface area contributed by atoms with Crippen molar-refractivity contribution >= 4 is 23.7 Å². The minimum absolute atomic E-state index is 0.0341. The van der Waals surface area contributed by atoms with Crippen molar-refractivity contribution < 1.29 is 28.6 Å². The van der Waals surface area contributed by atoms with Crippen LogP contribution in [0.4, 0.5) is 0 Å². The number of hydrogen-bond donors (Lipinski definition) is 0. The lowest BCUT2D eigenvalue weighted by molar-refractivity contribution is -0.154. The van der Waals surface area contributed by atoms with E-state index in [-0.39, 0.29) is 48.1 Å². The van der Waals surface area contributed by atoms with Crippen molar-refractivity contribution in [2.45, 2.75) is 90.6 Å². The second kappa shape index (κ2) is 16.9. The van der Waals surface area contributed by atoms with Gasteiger partial charge in [0.25, 0.3) is 0 Å². The Morgan fingerprint density at radius 2 is 1.54 bits per heavy atom. The van der Waals surface area contributed by atoms with Crippen molar-refractivity contribution in [3.63, 3.8) is 0 Å². The molecule has 0 aromatic rings. The summed E-state index contributed by atoms with van der Waals surface area (Å²) in [5, 5.41) is 0. The number of ether oxygens (including phenoxy) is 3. The lowest BCUT2D eigenvalue weighted by atomic mass is 9.89. The van der Waals surface area contributed by atoms with E-state index in [4.69, 9.17) is 19.2 Å². The molecule has 1 aliphatic heterocycles. The first-order valence-electron chi connectivity index (χ1n) is 14.8. The molecule has 2 unspecified atom stereocenters. The van der Waals surface area contributed by atoms with E-state index in [1.165, 1.54) is 7.11 Å². The van der Waals surface area contributed by atoms with Crippen LogP contribution in [0.15, 0.2) is 4.99 Å². The molecule has 41 heavy (non-hydrogen) atoms. The summed E-state index contributed by atoms with van der Waals surface area (Å²) >= 11 is 0. The molecular weight excluding hydrogens is 526 g/mol. The summed E-state index contributed by atoms with van der Waals surface area (Å²) in [4.78, 5) is 52.3. The van der Waals surface area contributed by atoms with Crippen molar-refractivity contribution in [1.29, 1.82) is 0 Å². The van der Waals surface area contributed by atoms with E-state index >= 15 is 0 Å². The molecule has 0 aliphatic carbocycles. The summed E-state index contributed by atoms with van der Waals surface area (Å²) in [6, 6.07) is -1.17. The second-order valence-electron chi connectivity index (χ2n) is 12.0. The fourth-order valence-corrected chi connectivity index (χ4v) is 5.93. The van der Waals surface area contributed by atoms with Crippen LogP contribution >= 0.6 is 0 Å². The monoisotopic (exact) mass is 583 g/mol. The predicted octanol–water partition coefficient (Wildman–Crippen LogP) is 2.58. The first-order valence-corrected chi connectivity index (χ1v) is 14.8. The number of carbonyl (C=O) groups is 3. The van der Waals surface area contributed by atoms with Gasteiger partial charge in [-0.05, 0) is 31.6 Å². The Hall–Kier alpha value is -2.40. The molecule has 11 nitrogen and oxygen atoms in total. The summed E-state index contributed by atoms with van der Waals surface area (Å²) in [7, 11) is 13.9. The Morgan fingerprint density at radius 3 is 1.98 bits per heavy atom. The summed E-state index contributed by atoms with van der Waals surface area (Å²) in [6.45, 7) is 10.5. The summed E-state index contributed by atoms with van der Waals surface area (Å²) < 4.78 is 16.6. The first-order chi connectivity index (χ1) is 19.2. The molecule has 0 aromatic carbocycles. The van der Waals surface area contributed by atoms with Gasteiger partial charge >= 0.3 is 5.97 Å². The van der Waals surface area contributed by atoms with E-state index in [1.54, 1.807) is 33.1 Å². The Balaban J connectivity index is 3.32. The molecule has 0 saturated carbocycles. The molecule has 0 spiro atoms. The van der Waals surface area contributed by atoms with Gasteiger partial charge in [0.15, 0.2) is 5.96 Å². The van der Waals surface area contributed by atoms with Gasteiger partial charge in [0, 0.05) is 56.0 Å². The van der Waals surface area contributed by atoms with Gasteiger partial charge < -0.3 is 33.8 Å². The maximum absolute atomic E-state index is 14.0. The Morgan fingerprint density at radius 1 is 0.951 bits per heavy atom. The molecular formula is C30H57N5O6. The van der Waals surface area contributed by atoms with Crippen molar-refractivity contribution in [2.24, 2.45) is 22.7 Å². The van der Waals surface area contributed by atoms with Crippen LogP contribution in [0.25, 0.3) is 0 Å². The van der Waals surface area contributed by atoms with Crippen molar-refractivity contribution in [2.75, 3.05) is 63.1 Å². The van der Waals surface area contributed by atoms with Gasteiger partial charge in [-0.1, -0.05) is 34.1 Å². The smallest absolute Gasteiger partial charge is 0.311 e. The van der Waals surface area contributed by atoms with E-state index in [0.717, 1.165) is 19.3 Å². The molecule has 1 rings (SSSR count). The largest absolute Gasteiger partial charge is 0.469 e. The molecule has 1 fully saturated rings. The number of methoxy groups -OCH3 is 3. The molecule has 1 heterocycles. The number of guanidine groups is 1. The van der Waals surface area contributed by atoms with Crippen LogP contribution in [-0.2, 0) is 28.6 Å². The second-order valence-corrected chi connectivity index (χ2v) is 12.0. The maximum atomic E-state index is 14.0. The lowest BCUT2D eigenvalue weighted by Crippen LogP contribution is -2.55. The first kappa shape index (κ1) is 36.6. The Labute approximate surface area is 248 Å². The Kier molecular flexibility index (Phi) is 15.1. The number of likely N-dealkylation sites (N-methyl/N-ethyl adjacent to an activating group) is 1. The number of rotatable bonds is 14. The number of esters is 1. The topological polar surface area (TPSA) is 104 Å². The summed E-state index contributed by atoms with van der Waals surface area (Å²) in [6.07, 6.45) is 1.48. The SMILES string of the molecule is CC[C@H](C)[C@@H]([C@@H](CC(=O)N1CCC[C@H]1C(OC)C(C)C(=O)OC)OC)N(C)C(=O)[C@@H](N=C(N(C)C)N(C)C)C(C)C. The highest BCUT2D eigenvalue weighted by Crippen LogP contribution is 2.30. The van der Waals surface area contributed by atoms with Gasteiger partial charge in [-0.2, -0.15) is 0 Å². The van der Waals surface area contributed by atoms with Gasteiger partial charge in [-0.3, -0.25) is 14.4 Å². The van der Waals surface area contributed by atoms with Crippen molar-refractivity contribution in [3.8, 4) is 0 Å². The highest BCUT2D eigenvalue weighted by atomic mass is 16.5.